The summed E-state index contributed by atoms with van der Waals surface area (Å²) in [6.07, 6.45) is 1.82. The lowest BCUT2D eigenvalue weighted by molar-refractivity contribution is -0.135. The fourth-order valence-corrected chi connectivity index (χ4v) is 3.49. The molecule has 1 aromatic carbocycles. The lowest BCUT2D eigenvalue weighted by atomic mass is 10.0. The predicted molar refractivity (Wildman–Crippen MR) is 92.9 cm³/mol. The second kappa shape index (κ2) is 9.27. The molecule has 0 spiro atoms. The third-order valence-corrected chi connectivity index (χ3v) is 5.01. The zero-order valence-corrected chi connectivity index (χ0v) is 14.7. The normalized spacial score (nSPS) is 19.7. The van der Waals surface area contributed by atoms with Crippen LogP contribution in [0.3, 0.4) is 0 Å². The van der Waals surface area contributed by atoms with E-state index in [4.69, 9.17) is 9.47 Å². The van der Waals surface area contributed by atoms with E-state index in [0.717, 1.165) is 45.7 Å². The first-order valence-electron chi connectivity index (χ1n) is 9.15. The summed E-state index contributed by atoms with van der Waals surface area (Å²) in [4.78, 5) is 17.2. The molecule has 0 unspecified atom stereocenters. The molecule has 0 radical (unpaired) electrons. The molecule has 0 N–H and O–H groups in total. The van der Waals surface area contributed by atoms with Crippen LogP contribution in [-0.2, 0) is 20.7 Å². The van der Waals surface area contributed by atoms with Crippen molar-refractivity contribution in [2.75, 3.05) is 52.6 Å². The minimum absolute atomic E-state index is 0.00487. The first kappa shape index (κ1) is 18.3. The zero-order valence-electron chi connectivity index (χ0n) is 14.7. The molecule has 0 bridgehead atoms. The van der Waals surface area contributed by atoms with Gasteiger partial charge in [-0.05, 0) is 24.5 Å². The number of ether oxygens (including phenoxy) is 2. The fourth-order valence-electron chi connectivity index (χ4n) is 3.49. The maximum absolute atomic E-state index is 13.9. The topological polar surface area (TPSA) is 42.0 Å². The van der Waals surface area contributed by atoms with Crippen LogP contribution in [0.1, 0.15) is 18.4 Å². The van der Waals surface area contributed by atoms with Crippen LogP contribution < -0.4 is 0 Å². The summed E-state index contributed by atoms with van der Waals surface area (Å²) in [5.41, 5.74) is 0.468. The highest BCUT2D eigenvalue weighted by atomic mass is 19.1. The Labute approximate surface area is 148 Å². The average Bonchev–Trinajstić information content (AvgIpc) is 2.65. The minimum Gasteiger partial charge on any atom is -0.381 e. The van der Waals surface area contributed by atoms with E-state index in [0.29, 0.717) is 25.3 Å². The molecule has 2 heterocycles. The Kier molecular flexibility index (Phi) is 6.78. The van der Waals surface area contributed by atoms with Gasteiger partial charge in [-0.15, -0.1) is 0 Å². The zero-order chi connectivity index (χ0) is 17.5. The van der Waals surface area contributed by atoms with Crippen molar-refractivity contribution >= 4 is 5.91 Å². The van der Waals surface area contributed by atoms with E-state index < -0.39 is 0 Å². The number of hydrogen-bond donors (Lipinski definition) is 0. The van der Waals surface area contributed by atoms with Crippen LogP contribution in [0.2, 0.25) is 0 Å². The van der Waals surface area contributed by atoms with Gasteiger partial charge in [-0.3, -0.25) is 9.69 Å². The lowest BCUT2D eigenvalue weighted by Gasteiger charge is -2.36. The molecule has 2 aliphatic rings. The molecule has 0 atom stereocenters. The van der Waals surface area contributed by atoms with Crippen LogP contribution in [-0.4, -0.2) is 74.4 Å². The average molecular weight is 350 g/mol. The Morgan fingerprint density at radius 1 is 1.12 bits per heavy atom. The molecule has 5 nitrogen and oxygen atoms in total. The van der Waals surface area contributed by atoms with Crippen LogP contribution in [0.15, 0.2) is 24.3 Å². The molecule has 0 aliphatic carbocycles. The number of nitrogens with zero attached hydrogens (tertiary/aromatic N) is 2. The summed E-state index contributed by atoms with van der Waals surface area (Å²) < 4.78 is 24.7. The molecule has 25 heavy (non-hydrogen) atoms. The van der Waals surface area contributed by atoms with Crippen molar-refractivity contribution in [3.63, 3.8) is 0 Å². The Hall–Kier alpha value is -1.50. The number of rotatable bonds is 6. The summed E-state index contributed by atoms with van der Waals surface area (Å²) in [6, 6.07) is 6.72. The summed E-state index contributed by atoms with van der Waals surface area (Å²) in [5.74, 6) is -0.304. The fraction of sp³-hybridized carbons (Fsp3) is 0.632. The first-order chi connectivity index (χ1) is 12.2. The number of carbonyl (C=O) groups excluding carboxylic acids is 1. The number of hydrogen-bond acceptors (Lipinski definition) is 4. The van der Waals surface area contributed by atoms with Gasteiger partial charge in [0.25, 0.3) is 0 Å². The van der Waals surface area contributed by atoms with E-state index in [9.17, 15) is 9.18 Å². The van der Waals surface area contributed by atoms with Crippen molar-refractivity contribution in [2.24, 2.45) is 0 Å². The molecule has 1 aromatic rings. The van der Waals surface area contributed by atoms with Crippen molar-refractivity contribution in [1.82, 2.24) is 9.80 Å². The van der Waals surface area contributed by atoms with Crippen molar-refractivity contribution in [3.8, 4) is 0 Å². The molecule has 6 heteroatoms. The van der Waals surface area contributed by atoms with Crippen LogP contribution in [0.25, 0.3) is 0 Å². The molecule has 0 aromatic heterocycles. The van der Waals surface area contributed by atoms with Gasteiger partial charge < -0.3 is 14.4 Å². The minimum atomic E-state index is -0.309. The number of amides is 1. The van der Waals surface area contributed by atoms with Gasteiger partial charge in [0.2, 0.25) is 5.91 Å². The Morgan fingerprint density at radius 3 is 2.52 bits per heavy atom. The van der Waals surface area contributed by atoms with Gasteiger partial charge in [0.15, 0.2) is 0 Å². The molecule has 3 rings (SSSR count). The van der Waals surface area contributed by atoms with Crippen LogP contribution in [0, 0.1) is 5.82 Å². The van der Waals surface area contributed by atoms with Crippen molar-refractivity contribution in [3.05, 3.63) is 35.6 Å². The molecule has 2 saturated heterocycles. The van der Waals surface area contributed by atoms with Crippen LogP contribution in [0.4, 0.5) is 4.39 Å². The van der Waals surface area contributed by atoms with E-state index >= 15 is 0 Å². The number of carbonyl (C=O) groups is 1. The summed E-state index contributed by atoms with van der Waals surface area (Å²) >= 11 is 0. The molecule has 0 saturated carbocycles. The smallest absolute Gasteiger partial charge is 0.227 e. The number of benzene rings is 1. The summed E-state index contributed by atoms with van der Waals surface area (Å²) in [5, 5.41) is 0. The first-order valence-corrected chi connectivity index (χ1v) is 9.15. The van der Waals surface area contributed by atoms with Gasteiger partial charge in [0.1, 0.15) is 5.82 Å². The second-order valence-corrected chi connectivity index (χ2v) is 6.65. The third kappa shape index (κ3) is 5.23. The SMILES string of the molecule is O=C(Cc1ccccc1F)N(CCN1CCOCC1)C1CCOCC1. The van der Waals surface area contributed by atoms with Gasteiger partial charge in [0.05, 0.1) is 19.6 Å². The standard InChI is InChI=1S/C19H27FN2O3/c20-18-4-2-1-3-16(18)15-19(23)22(17-5-11-24-12-6-17)8-7-21-9-13-25-14-10-21/h1-4,17H,5-15H2. The highest BCUT2D eigenvalue weighted by Crippen LogP contribution is 2.17. The van der Waals surface area contributed by atoms with E-state index in [1.165, 1.54) is 6.07 Å². The van der Waals surface area contributed by atoms with Gasteiger partial charge in [-0.2, -0.15) is 0 Å². The monoisotopic (exact) mass is 350 g/mol. The molecule has 2 fully saturated rings. The summed E-state index contributed by atoms with van der Waals surface area (Å²) in [6.45, 7) is 6.20. The van der Waals surface area contributed by atoms with E-state index in [1.54, 1.807) is 18.2 Å². The van der Waals surface area contributed by atoms with E-state index in [1.807, 2.05) is 4.90 Å². The van der Waals surface area contributed by atoms with E-state index in [2.05, 4.69) is 4.90 Å². The highest BCUT2D eigenvalue weighted by molar-refractivity contribution is 5.79. The largest absolute Gasteiger partial charge is 0.381 e. The van der Waals surface area contributed by atoms with Gasteiger partial charge in [-0.1, -0.05) is 18.2 Å². The number of halogens is 1. The molecular weight excluding hydrogens is 323 g/mol. The molecule has 1 amide bonds. The Bertz CT molecular complexity index is 557. The molecule has 138 valence electrons. The van der Waals surface area contributed by atoms with Crippen molar-refractivity contribution in [1.29, 1.82) is 0 Å². The Balaban J connectivity index is 1.64. The highest BCUT2D eigenvalue weighted by Gasteiger charge is 2.27. The third-order valence-electron chi connectivity index (χ3n) is 5.01. The maximum atomic E-state index is 13.9. The maximum Gasteiger partial charge on any atom is 0.227 e. The second-order valence-electron chi connectivity index (χ2n) is 6.65. The van der Waals surface area contributed by atoms with Crippen molar-refractivity contribution in [2.45, 2.75) is 25.3 Å². The summed E-state index contributed by atoms with van der Waals surface area (Å²) in [7, 11) is 0. The predicted octanol–water partition coefficient (Wildman–Crippen LogP) is 1.71. The van der Waals surface area contributed by atoms with Gasteiger partial charge in [-0.25, -0.2) is 4.39 Å². The van der Waals surface area contributed by atoms with Crippen LogP contribution >= 0.6 is 0 Å². The molecule has 2 aliphatic heterocycles. The van der Waals surface area contributed by atoms with Crippen LogP contribution in [0.5, 0.6) is 0 Å². The van der Waals surface area contributed by atoms with Crippen molar-refractivity contribution < 1.29 is 18.7 Å². The quantitative estimate of drug-likeness (QED) is 0.783. The van der Waals surface area contributed by atoms with Gasteiger partial charge in [0, 0.05) is 45.4 Å². The molecular formula is C19H27FN2O3. The van der Waals surface area contributed by atoms with Gasteiger partial charge >= 0.3 is 0 Å². The van der Waals surface area contributed by atoms with E-state index in [-0.39, 0.29) is 24.2 Å². The lowest BCUT2D eigenvalue weighted by Crippen LogP contribution is -2.49. The number of morpholine rings is 1. The Morgan fingerprint density at radius 2 is 1.80 bits per heavy atom.